The van der Waals surface area contributed by atoms with E-state index in [-0.39, 0.29) is 12.5 Å². The van der Waals surface area contributed by atoms with Crippen LogP contribution in [0.3, 0.4) is 0 Å². The number of hydrogen-bond donors (Lipinski definition) is 0. The summed E-state index contributed by atoms with van der Waals surface area (Å²) in [6.07, 6.45) is 0. The monoisotopic (exact) mass is 309 g/mol. The summed E-state index contributed by atoms with van der Waals surface area (Å²) in [7, 11) is 1.65. The van der Waals surface area contributed by atoms with Crippen molar-refractivity contribution in [1.82, 2.24) is 0 Å². The van der Waals surface area contributed by atoms with Crippen molar-refractivity contribution in [2.75, 3.05) is 18.6 Å². The molecule has 1 aromatic rings. The molecule has 0 saturated heterocycles. The second-order valence-electron chi connectivity index (χ2n) is 3.07. The molecule has 0 atom stereocenters. The molecule has 2 rings (SSSR count). The number of anilines is 1. The lowest BCUT2D eigenvalue weighted by atomic mass is 10.2. The van der Waals surface area contributed by atoms with Crippen LogP contribution < -0.4 is 9.64 Å². The lowest BCUT2D eigenvalue weighted by molar-refractivity contribution is -0.121. The quantitative estimate of drug-likeness (QED) is 0.689. The van der Waals surface area contributed by atoms with Crippen LogP contribution in [-0.2, 0) is 4.79 Å². The van der Waals surface area contributed by atoms with Crippen LogP contribution in [0.1, 0.15) is 0 Å². The zero-order valence-corrected chi connectivity index (χ0v) is 10.8. The number of rotatable bonds is 0. The summed E-state index contributed by atoms with van der Waals surface area (Å²) in [5.74, 6) is 0.369. The number of carbonyl (C=O) groups is 1. The molecule has 0 bridgehead atoms. The molecule has 6 heteroatoms. The highest BCUT2D eigenvalue weighted by Crippen LogP contribution is 2.46. The van der Waals surface area contributed by atoms with Crippen molar-refractivity contribution >= 4 is 50.7 Å². The molecule has 3 nitrogen and oxygen atoms in total. The number of likely N-dealkylation sites (N-methyl/N-ethyl adjacent to an activating group) is 1. The number of halogens is 3. The molecule has 0 saturated carbocycles. The molecule has 15 heavy (non-hydrogen) atoms. The van der Waals surface area contributed by atoms with E-state index in [4.69, 9.17) is 27.9 Å². The van der Waals surface area contributed by atoms with Crippen LogP contribution >= 0.6 is 39.1 Å². The molecule has 1 aliphatic heterocycles. The summed E-state index contributed by atoms with van der Waals surface area (Å²) in [5, 5.41) is 0.857. The number of amides is 1. The molecule has 0 spiro atoms. The van der Waals surface area contributed by atoms with Crippen molar-refractivity contribution in [2.24, 2.45) is 0 Å². The van der Waals surface area contributed by atoms with Gasteiger partial charge in [-0.3, -0.25) is 4.79 Å². The minimum atomic E-state index is -0.140. The predicted molar refractivity (Wildman–Crippen MR) is 63.1 cm³/mol. The van der Waals surface area contributed by atoms with Crippen LogP contribution in [0.5, 0.6) is 5.75 Å². The van der Waals surface area contributed by atoms with Crippen LogP contribution in [0.4, 0.5) is 5.69 Å². The summed E-state index contributed by atoms with van der Waals surface area (Å²) in [4.78, 5) is 12.9. The highest BCUT2D eigenvalue weighted by Gasteiger charge is 2.28. The average molecular weight is 311 g/mol. The van der Waals surface area contributed by atoms with E-state index in [0.717, 1.165) is 0 Å². The van der Waals surface area contributed by atoms with Gasteiger partial charge in [-0.2, -0.15) is 0 Å². The molecule has 0 aliphatic carbocycles. The Kier molecular flexibility index (Phi) is 2.83. The summed E-state index contributed by atoms with van der Waals surface area (Å²) in [6.45, 7) is -0.00122. The molecule has 1 aromatic carbocycles. The molecule has 1 aliphatic rings. The third kappa shape index (κ3) is 1.71. The normalized spacial score (nSPS) is 14.9. The molecule has 80 valence electrons. The van der Waals surface area contributed by atoms with Crippen LogP contribution in [0.25, 0.3) is 0 Å². The second kappa shape index (κ2) is 3.85. The molecule has 0 N–H and O–H groups in total. The first-order valence-corrected chi connectivity index (χ1v) is 5.64. The fraction of sp³-hybridized carbons (Fsp3) is 0.222. The number of ether oxygens (including phenoxy) is 1. The van der Waals surface area contributed by atoms with E-state index in [1.54, 1.807) is 13.1 Å². The van der Waals surface area contributed by atoms with Crippen molar-refractivity contribution in [3.63, 3.8) is 0 Å². The smallest absolute Gasteiger partial charge is 0.264 e. The lowest BCUT2D eigenvalue weighted by Crippen LogP contribution is -2.35. The average Bonchev–Trinajstić information content (AvgIpc) is 2.18. The molecular formula is C9H6BrCl2NO2. The zero-order valence-electron chi connectivity index (χ0n) is 7.68. The number of benzene rings is 1. The Balaban J connectivity index is 2.69. The third-order valence-electron chi connectivity index (χ3n) is 2.15. The van der Waals surface area contributed by atoms with Crippen LogP contribution in [-0.4, -0.2) is 19.6 Å². The molecule has 1 heterocycles. The molecule has 0 fully saturated rings. The largest absolute Gasteiger partial charge is 0.480 e. The SMILES string of the molecule is CN1C(=O)COc2c(Br)c(Cl)cc(Cl)c21. The van der Waals surface area contributed by atoms with Crippen molar-refractivity contribution < 1.29 is 9.53 Å². The summed E-state index contributed by atoms with van der Waals surface area (Å²) in [6, 6.07) is 1.57. The van der Waals surface area contributed by atoms with Gasteiger partial charge in [0.25, 0.3) is 5.91 Å². The van der Waals surface area contributed by atoms with Gasteiger partial charge < -0.3 is 9.64 Å². The number of hydrogen-bond acceptors (Lipinski definition) is 2. The first kappa shape index (κ1) is 11.0. The van der Waals surface area contributed by atoms with Crippen molar-refractivity contribution in [3.05, 3.63) is 20.6 Å². The third-order valence-corrected chi connectivity index (χ3v) is 3.76. The fourth-order valence-corrected chi connectivity index (χ4v) is 2.35. The molecular weight excluding hydrogens is 305 g/mol. The van der Waals surface area contributed by atoms with E-state index in [0.29, 0.717) is 26.0 Å². The van der Waals surface area contributed by atoms with Gasteiger partial charge in [0, 0.05) is 7.05 Å². The summed E-state index contributed by atoms with van der Waals surface area (Å²) < 4.78 is 5.91. The van der Waals surface area contributed by atoms with E-state index >= 15 is 0 Å². The minimum Gasteiger partial charge on any atom is -0.480 e. The van der Waals surface area contributed by atoms with Crippen molar-refractivity contribution in [1.29, 1.82) is 0 Å². The zero-order chi connectivity index (χ0) is 11.2. The predicted octanol–water partition coefficient (Wildman–Crippen LogP) is 3.11. The Morgan fingerprint density at radius 2 is 2.13 bits per heavy atom. The van der Waals surface area contributed by atoms with E-state index < -0.39 is 0 Å². The summed E-state index contributed by atoms with van der Waals surface area (Å²) in [5.41, 5.74) is 0.546. The summed E-state index contributed by atoms with van der Waals surface area (Å²) >= 11 is 15.2. The minimum absolute atomic E-state index is 0.00122. The van der Waals surface area contributed by atoms with Gasteiger partial charge in [0.1, 0.15) is 5.69 Å². The Labute approximate surface area is 105 Å². The maximum absolute atomic E-state index is 11.4. The highest BCUT2D eigenvalue weighted by atomic mass is 79.9. The molecule has 0 radical (unpaired) electrons. The Hall–Kier alpha value is -0.450. The fourth-order valence-electron chi connectivity index (χ4n) is 1.36. The Morgan fingerprint density at radius 1 is 1.47 bits per heavy atom. The second-order valence-corrected chi connectivity index (χ2v) is 4.68. The van der Waals surface area contributed by atoms with Gasteiger partial charge in [-0.15, -0.1) is 0 Å². The maximum atomic E-state index is 11.4. The Bertz CT molecular complexity index is 450. The van der Waals surface area contributed by atoms with E-state index in [9.17, 15) is 4.79 Å². The molecule has 0 unspecified atom stereocenters. The number of carbonyl (C=O) groups excluding carboxylic acids is 1. The number of fused-ring (bicyclic) bond motifs is 1. The van der Waals surface area contributed by atoms with Crippen LogP contribution in [0, 0.1) is 0 Å². The van der Waals surface area contributed by atoms with Gasteiger partial charge in [-0.25, -0.2) is 0 Å². The lowest BCUT2D eigenvalue weighted by Gasteiger charge is -2.27. The van der Waals surface area contributed by atoms with Crippen molar-refractivity contribution in [3.8, 4) is 5.75 Å². The highest BCUT2D eigenvalue weighted by molar-refractivity contribution is 9.10. The number of nitrogens with zero attached hydrogens (tertiary/aromatic N) is 1. The molecule has 1 amide bonds. The van der Waals surface area contributed by atoms with E-state index in [2.05, 4.69) is 15.9 Å². The standard InChI is InChI=1S/C9H6BrCl2NO2/c1-13-6(14)3-15-9-7(10)4(11)2-5(12)8(9)13/h2H,3H2,1H3. The van der Waals surface area contributed by atoms with Gasteiger partial charge in [0.15, 0.2) is 12.4 Å². The maximum Gasteiger partial charge on any atom is 0.264 e. The van der Waals surface area contributed by atoms with Gasteiger partial charge in [-0.05, 0) is 22.0 Å². The van der Waals surface area contributed by atoms with Crippen LogP contribution in [0.15, 0.2) is 10.5 Å². The first-order valence-electron chi connectivity index (χ1n) is 4.09. The topological polar surface area (TPSA) is 29.5 Å². The van der Waals surface area contributed by atoms with Gasteiger partial charge in [0.05, 0.1) is 14.5 Å². The van der Waals surface area contributed by atoms with Gasteiger partial charge in [-0.1, -0.05) is 23.2 Å². The van der Waals surface area contributed by atoms with Crippen LogP contribution in [0.2, 0.25) is 10.0 Å². The van der Waals surface area contributed by atoms with E-state index in [1.165, 1.54) is 4.90 Å². The molecule has 0 aromatic heterocycles. The Morgan fingerprint density at radius 3 is 2.80 bits per heavy atom. The van der Waals surface area contributed by atoms with E-state index in [1.807, 2.05) is 0 Å². The first-order chi connectivity index (χ1) is 7.02. The van der Waals surface area contributed by atoms with Gasteiger partial charge >= 0.3 is 0 Å². The van der Waals surface area contributed by atoms with Gasteiger partial charge in [0.2, 0.25) is 0 Å². The van der Waals surface area contributed by atoms with Crippen molar-refractivity contribution in [2.45, 2.75) is 0 Å².